The number of nitrogens with zero attached hydrogens (tertiary/aromatic N) is 6. The second kappa shape index (κ2) is 11.1. The van der Waals surface area contributed by atoms with Crippen LogP contribution in [0.3, 0.4) is 0 Å². The Kier molecular flexibility index (Phi) is 7.44. The number of ether oxygens (including phenoxy) is 2. The van der Waals surface area contributed by atoms with E-state index in [1.54, 1.807) is 36.8 Å². The van der Waals surface area contributed by atoms with E-state index >= 15 is 0 Å². The number of aromatic nitrogens is 5. The number of para-hydroxylation sites is 1. The van der Waals surface area contributed by atoms with Gasteiger partial charge in [0.15, 0.2) is 5.65 Å². The Labute approximate surface area is 222 Å². The van der Waals surface area contributed by atoms with Crippen LogP contribution in [-0.2, 0) is 14.3 Å². The normalized spacial score (nSPS) is 14.9. The monoisotopic (exact) mass is 536 g/mol. The Balaban J connectivity index is 1.39. The van der Waals surface area contributed by atoms with Gasteiger partial charge >= 0.3 is 19.1 Å². The van der Waals surface area contributed by atoms with Crippen molar-refractivity contribution in [1.29, 1.82) is 0 Å². The van der Waals surface area contributed by atoms with Crippen molar-refractivity contribution < 1.29 is 27.8 Å². The summed E-state index contributed by atoms with van der Waals surface area (Å²) < 4.78 is 37.2. The number of imidazole rings is 1. The number of alkyl halides is 2. The molecule has 1 aromatic carbocycles. The lowest BCUT2D eigenvalue weighted by Gasteiger charge is -2.30. The van der Waals surface area contributed by atoms with Gasteiger partial charge in [-0.2, -0.15) is 8.78 Å². The Bertz CT molecular complexity index is 1490. The number of piperidine rings is 1. The van der Waals surface area contributed by atoms with Crippen molar-refractivity contribution in [2.24, 2.45) is 5.92 Å². The summed E-state index contributed by atoms with van der Waals surface area (Å²) in [6.07, 6.45) is 7.94. The van der Waals surface area contributed by atoms with Crippen molar-refractivity contribution in [2.75, 3.05) is 18.0 Å². The predicted octanol–water partition coefficient (Wildman–Crippen LogP) is 4.16. The van der Waals surface area contributed by atoms with Gasteiger partial charge in [0.25, 0.3) is 0 Å². The number of fused-ring (bicyclic) bond motifs is 1. The average molecular weight is 537 g/mol. The third-order valence-electron chi connectivity index (χ3n) is 6.95. The zero-order valence-electron chi connectivity index (χ0n) is 21.3. The smallest absolute Gasteiger partial charge is 0.387 e. The zero-order valence-corrected chi connectivity index (χ0v) is 21.3. The van der Waals surface area contributed by atoms with Gasteiger partial charge in [-0.15, -0.1) is 0 Å². The molecule has 0 aliphatic carbocycles. The van der Waals surface area contributed by atoms with E-state index < -0.39 is 12.6 Å². The van der Waals surface area contributed by atoms with E-state index in [1.807, 2.05) is 29.3 Å². The van der Waals surface area contributed by atoms with Crippen molar-refractivity contribution in [3.63, 3.8) is 0 Å². The van der Waals surface area contributed by atoms with Crippen LogP contribution in [0.5, 0.6) is 5.75 Å². The second-order valence-corrected chi connectivity index (χ2v) is 9.29. The number of anilines is 1. The molecule has 0 spiro atoms. The molecule has 202 valence electrons. The van der Waals surface area contributed by atoms with Crippen molar-refractivity contribution in [3.05, 3.63) is 66.0 Å². The third-order valence-corrected chi connectivity index (χ3v) is 6.95. The number of hydrogen-bond donors (Lipinski definition) is 0. The molecule has 1 aliphatic heterocycles. The highest BCUT2D eigenvalue weighted by atomic mass is 19.3. The van der Waals surface area contributed by atoms with Crippen molar-refractivity contribution in [2.45, 2.75) is 39.2 Å². The molecule has 39 heavy (non-hydrogen) atoms. The molecule has 5 rings (SSSR count). The summed E-state index contributed by atoms with van der Waals surface area (Å²) >= 11 is 0. The molecule has 12 heteroatoms. The first kappa shape index (κ1) is 26.1. The molecule has 0 radical (unpaired) electrons. The van der Waals surface area contributed by atoms with Crippen molar-refractivity contribution in [3.8, 4) is 17.0 Å². The highest BCUT2D eigenvalue weighted by molar-refractivity contribution is 5.78. The highest BCUT2D eigenvalue weighted by Gasteiger charge is 2.27. The molecule has 4 heterocycles. The first-order valence-corrected chi connectivity index (χ1v) is 12.5. The Hall–Kier alpha value is -4.48. The number of carbonyl (C=O) groups is 2. The van der Waals surface area contributed by atoms with Gasteiger partial charge in [0, 0.05) is 48.7 Å². The highest BCUT2D eigenvalue weighted by Crippen LogP contribution is 2.34. The van der Waals surface area contributed by atoms with Gasteiger partial charge in [-0.1, -0.05) is 25.1 Å². The SMILES string of the molecule is Cc1nc2cnc(-c3cnc(N4CCC(C(=O)OC=O)CC4)nc3)cn2c1C(C)c1ccccc1OC(F)F. The number of halogens is 2. The van der Waals surface area contributed by atoms with E-state index in [0.29, 0.717) is 54.3 Å². The van der Waals surface area contributed by atoms with Crippen molar-refractivity contribution >= 4 is 24.0 Å². The van der Waals surface area contributed by atoms with Crippen LogP contribution in [0.15, 0.2) is 49.1 Å². The van der Waals surface area contributed by atoms with Gasteiger partial charge in [0.2, 0.25) is 5.95 Å². The van der Waals surface area contributed by atoms with E-state index in [4.69, 9.17) is 4.74 Å². The molecule has 0 bridgehead atoms. The van der Waals surface area contributed by atoms with Gasteiger partial charge in [0.05, 0.1) is 29.2 Å². The minimum absolute atomic E-state index is 0.122. The minimum Gasteiger partial charge on any atom is -0.435 e. The van der Waals surface area contributed by atoms with Gasteiger partial charge in [-0.3, -0.25) is 19.0 Å². The molecule has 1 atom stereocenters. The van der Waals surface area contributed by atoms with Gasteiger partial charge in [0.1, 0.15) is 5.75 Å². The van der Waals surface area contributed by atoms with Crippen LogP contribution in [0, 0.1) is 12.8 Å². The molecule has 0 N–H and O–H groups in total. The molecule has 1 saturated heterocycles. The van der Waals surface area contributed by atoms with Crippen LogP contribution >= 0.6 is 0 Å². The lowest BCUT2D eigenvalue weighted by molar-refractivity contribution is -0.155. The van der Waals surface area contributed by atoms with Crippen LogP contribution in [0.1, 0.15) is 42.6 Å². The minimum atomic E-state index is -2.93. The Morgan fingerprint density at radius 2 is 1.82 bits per heavy atom. The van der Waals surface area contributed by atoms with Crippen LogP contribution < -0.4 is 9.64 Å². The summed E-state index contributed by atoms with van der Waals surface area (Å²) in [6.45, 7) is 2.16. The number of benzene rings is 1. The average Bonchev–Trinajstić information content (AvgIpc) is 3.28. The molecule has 0 saturated carbocycles. The molecule has 1 fully saturated rings. The number of rotatable bonds is 8. The first-order valence-electron chi connectivity index (χ1n) is 12.5. The number of hydrogen-bond acceptors (Lipinski definition) is 9. The maximum absolute atomic E-state index is 13.0. The Morgan fingerprint density at radius 1 is 1.10 bits per heavy atom. The molecule has 4 aromatic rings. The third kappa shape index (κ3) is 5.40. The van der Waals surface area contributed by atoms with Crippen LogP contribution in [0.4, 0.5) is 14.7 Å². The predicted molar refractivity (Wildman–Crippen MR) is 136 cm³/mol. The number of aryl methyl sites for hydroxylation is 1. The molecule has 1 unspecified atom stereocenters. The van der Waals surface area contributed by atoms with E-state index in [1.165, 1.54) is 6.07 Å². The summed E-state index contributed by atoms with van der Waals surface area (Å²) in [6, 6.07) is 6.74. The molecular weight excluding hydrogens is 510 g/mol. The zero-order chi connectivity index (χ0) is 27.5. The summed E-state index contributed by atoms with van der Waals surface area (Å²) in [4.78, 5) is 42.3. The first-order chi connectivity index (χ1) is 18.9. The van der Waals surface area contributed by atoms with E-state index in [2.05, 4.69) is 24.7 Å². The van der Waals surface area contributed by atoms with Gasteiger partial charge < -0.3 is 14.4 Å². The maximum Gasteiger partial charge on any atom is 0.387 e. The fourth-order valence-corrected chi connectivity index (χ4v) is 5.03. The van der Waals surface area contributed by atoms with Crippen LogP contribution in [0.25, 0.3) is 16.9 Å². The van der Waals surface area contributed by atoms with Gasteiger partial charge in [-0.05, 0) is 25.8 Å². The standard InChI is InChI=1S/C27H26F2N6O4/c1-16(20-5-3-4-6-22(20)39-26(28)29)24-17(2)33-23-13-30-21(14-35(23)24)19-11-31-27(32-12-19)34-9-7-18(8-10-34)25(37)38-15-36/h3-6,11-16,18,26H,7-10H2,1-2H3. The largest absolute Gasteiger partial charge is 0.435 e. The van der Waals surface area contributed by atoms with Crippen molar-refractivity contribution in [1.82, 2.24) is 24.3 Å². The van der Waals surface area contributed by atoms with E-state index in [0.717, 1.165) is 11.4 Å². The maximum atomic E-state index is 13.0. The fourth-order valence-electron chi connectivity index (χ4n) is 5.03. The van der Waals surface area contributed by atoms with Crippen LogP contribution in [0.2, 0.25) is 0 Å². The summed E-state index contributed by atoms with van der Waals surface area (Å²) in [5, 5.41) is 0. The Morgan fingerprint density at radius 3 is 2.51 bits per heavy atom. The van der Waals surface area contributed by atoms with Gasteiger partial charge in [-0.25, -0.2) is 15.0 Å². The second-order valence-electron chi connectivity index (χ2n) is 9.29. The topological polar surface area (TPSA) is 112 Å². The molecule has 1 aliphatic rings. The summed E-state index contributed by atoms with van der Waals surface area (Å²) in [5.41, 5.74) is 4.13. The van der Waals surface area contributed by atoms with E-state index in [9.17, 15) is 18.4 Å². The lowest BCUT2D eigenvalue weighted by atomic mass is 9.95. The molecule has 3 aromatic heterocycles. The summed E-state index contributed by atoms with van der Waals surface area (Å²) in [7, 11) is 0. The van der Waals surface area contributed by atoms with E-state index in [-0.39, 0.29) is 24.1 Å². The molecule has 10 nitrogen and oxygen atoms in total. The molecular formula is C27H26F2N6O4. The molecule has 0 amide bonds. The number of esters is 1. The fraction of sp³-hybridized carbons (Fsp3) is 0.333. The van der Waals surface area contributed by atoms with Crippen LogP contribution in [-0.4, -0.2) is 56.5 Å². The summed E-state index contributed by atoms with van der Waals surface area (Å²) in [5.74, 6) is -0.458. The quantitative estimate of drug-likeness (QED) is 0.186. The lowest BCUT2D eigenvalue weighted by Crippen LogP contribution is -2.37. The number of carbonyl (C=O) groups excluding carboxylic acids is 2.